The maximum absolute atomic E-state index is 12.1. The molecule has 140 valence electrons. The second-order valence-electron chi connectivity index (χ2n) is 6.07. The van der Waals surface area contributed by atoms with Gasteiger partial charge in [0.2, 0.25) is 0 Å². The molecule has 0 unspecified atom stereocenters. The van der Waals surface area contributed by atoms with E-state index in [2.05, 4.69) is 15.6 Å². The lowest BCUT2D eigenvalue weighted by Crippen LogP contribution is -2.23. The summed E-state index contributed by atoms with van der Waals surface area (Å²) in [6, 6.07) is 13.3. The van der Waals surface area contributed by atoms with Crippen LogP contribution >= 0.6 is 11.6 Å². The standard InChI is InChI=1S/C19H20ClN5O2/c1-14-7-5-11-18(25-19(26)24(2)22-23-25)16(14)13-21-27-12-6-9-15-8-3-4-10-17(15)20/h3-5,7-8,10-11,13H,6,9,12H2,1-2H3/b21-13-. The van der Waals surface area contributed by atoms with Gasteiger partial charge in [-0.15, -0.1) is 0 Å². The molecule has 0 spiro atoms. The van der Waals surface area contributed by atoms with Crippen molar-refractivity contribution in [3.05, 3.63) is 74.7 Å². The molecule has 3 aromatic rings. The van der Waals surface area contributed by atoms with Crippen LogP contribution in [0.15, 0.2) is 52.4 Å². The summed E-state index contributed by atoms with van der Waals surface area (Å²) < 4.78 is 2.42. The number of benzene rings is 2. The summed E-state index contributed by atoms with van der Waals surface area (Å²) in [5.74, 6) is 0. The van der Waals surface area contributed by atoms with Gasteiger partial charge in [-0.1, -0.05) is 47.1 Å². The third-order valence-electron chi connectivity index (χ3n) is 4.15. The van der Waals surface area contributed by atoms with E-state index in [1.807, 2.05) is 43.3 Å². The Morgan fingerprint density at radius 1 is 1.19 bits per heavy atom. The van der Waals surface area contributed by atoms with Crippen molar-refractivity contribution in [3.63, 3.8) is 0 Å². The van der Waals surface area contributed by atoms with E-state index in [1.165, 1.54) is 9.36 Å². The Hall–Kier alpha value is -2.93. The Morgan fingerprint density at radius 3 is 2.74 bits per heavy atom. The van der Waals surface area contributed by atoms with Gasteiger partial charge in [0.25, 0.3) is 0 Å². The average molecular weight is 386 g/mol. The van der Waals surface area contributed by atoms with Crippen LogP contribution in [-0.4, -0.2) is 32.6 Å². The van der Waals surface area contributed by atoms with Gasteiger partial charge in [0.05, 0.1) is 11.9 Å². The molecule has 0 aliphatic rings. The molecule has 0 fully saturated rings. The van der Waals surface area contributed by atoms with Crippen molar-refractivity contribution < 1.29 is 4.84 Å². The van der Waals surface area contributed by atoms with Gasteiger partial charge in [-0.3, -0.25) is 0 Å². The zero-order valence-corrected chi connectivity index (χ0v) is 15.9. The van der Waals surface area contributed by atoms with Crippen LogP contribution in [0.4, 0.5) is 0 Å². The fourth-order valence-electron chi connectivity index (χ4n) is 2.65. The molecule has 0 radical (unpaired) electrons. The number of halogens is 1. The highest BCUT2D eigenvalue weighted by Crippen LogP contribution is 2.17. The quantitative estimate of drug-likeness (QED) is 0.356. The maximum atomic E-state index is 12.1. The molecule has 0 saturated carbocycles. The van der Waals surface area contributed by atoms with Crippen LogP contribution in [0.25, 0.3) is 5.69 Å². The van der Waals surface area contributed by atoms with Gasteiger partial charge in [0, 0.05) is 17.6 Å². The lowest BCUT2D eigenvalue weighted by Gasteiger charge is -2.07. The summed E-state index contributed by atoms with van der Waals surface area (Å²) in [5.41, 5.74) is 3.09. The van der Waals surface area contributed by atoms with E-state index in [9.17, 15) is 4.79 Å². The molecule has 0 aliphatic heterocycles. The summed E-state index contributed by atoms with van der Waals surface area (Å²) in [7, 11) is 1.55. The molecule has 1 heterocycles. The Labute approximate surface area is 161 Å². The van der Waals surface area contributed by atoms with Crippen LogP contribution in [0.1, 0.15) is 23.1 Å². The summed E-state index contributed by atoms with van der Waals surface area (Å²) in [6.07, 6.45) is 3.21. The zero-order valence-electron chi connectivity index (χ0n) is 15.2. The highest BCUT2D eigenvalue weighted by Gasteiger charge is 2.11. The fourth-order valence-corrected chi connectivity index (χ4v) is 2.88. The van der Waals surface area contributed by atoms with Crippen LogP contribution < -0.4 is 5.69 Å². The van der Waals surface area contributed by atoms with Crippen molar-refractivity contribution in [2.45, 2.75) is 19.8 Å². The number of nitrogens with zero attached hydrogens (tertiary/aromatic N) is 5. The van der Waals surface area contributed by atoms with E-state index in [4.69, 9.17) is 16.4 Å². The summed E-state index contributed by atoms with van der Waals surface area (Å²) in [6.45, 7) is 2.40. The highest BCUT2D eigenvalue weighted by atomic mass is 35.5. The zero-order chi connectivity index (χ0) is 19.2. The van der Waals surface area contributed by atoms with E-state index >= 15 is 0 Å². The minimum atomic E-state index is -0.323. The van der Waals surface area contributed by atoms with Gasteiger partial charge in [-0.25, -0.2) is 4.79 Å². The molecule has 3 rings (SSSR count). The van der Waals surface area contributed by atoms with Crippen LogP contribution in [0.5, 0.6) is 0 Å². The van der Waals surface area contributed by atoms with Crippen LogP contribution in [0.3, 0.4) is 0 Å². The largest absolute Gasteiger partial charge is 0.396 e. The fraction of sp³-hybridized carbons (Fsp3) is 0.263. The molecular weight excluding hydrogens is 366 g/mol. The van der Waals surface area contributed by atoms with Crippen LogP contribution in [0.2, 0.25) is 5.02 Å². The first-order valence-corrected chi connectivity index (χ1v) is 8.93. The minimum absolute atomic E-state index is 0.323. The lowest BCUT2D eigenvalue weighted by atomic mass is 10.1. The molecule has 0 saturated heterocycles. The SMILES string of the molecule is Cc1cccc(-n2nnn(C)c2=O)c1/C=N\OCCCc1ccccc1Cl. The van der Waals surface area contributed by atoms with Crippen molar-refractivity contribution >= 4 is 17.8 Å². The van der Waals surface area contributed by atoms with Crippen molar-refractivity contribution in [1.29, 1.82) is 0 Å². The smallest absolute Gasteiger partial charge is 0.368 e. The Morgan fingerprint density at radius 2 is 2.00 bits per heavy atom. The van der Waals surface area contributed by atoms with Crippen LogP contribution in [-0.2, 0) is 18.3 Å². The molecule has 0 bridgehead atoms. The van der Waals surface area contributed by atoms with Gasteiger partial charge in [0.1, 0.15) is 6.61 Å². The van der Waals surface area contributed by atoms with Crippen molar-refractivity contribution in [3.8, 4) is 5.69 Å². The first-order valence-electron chi connectivity index (χ1n) is 8.55. The van der Waals surface area contributed by atoms with E-state index in [0.717, 1.165) is 34.6 Å². The molecule has 27 heavy (non-hydrogen) atoms. The van der Waals surface area contributed by atoms with Crippen molar-refractivity contribution in [2.75, 3.05) is 6.61 Å². The Bertz CT molecular complexity index is 1010. The molecule has 0 aliphatic carbocycles. The predicted molar refractivity (Wildman–Crippen MR) is 105 cm³/mol. The minimum Gasteiger partial charge on any atom is -0.396 e. The molecule has 0 amide bonds. The molecular formula is C19H20ClN5O2. The second kappa shape index (κ2) is 8.64. The summed E-state index contributed by atoms with van der Waals surface area (Å²) in [4.78, 5) is 17.5. The van der Waals surface area contributed by atoms with Gasteiger partial charge in [-0.2, -0.15) is 9.36 Å². The van der Waals surface area contributed by atoms with E-state index < -0.39 is 0 Å². The number of hydrogen-bond acceptors (Lipinski definition) is 5. The van der Waals surface area contributed by atoms with Gasteiger partial charge >= 0.3 is 5.69 Å². The summed E-state index contributed by atoms with van der Waals surface area (Å²) in [5, 5.41) is 12.5. The number of oxime groups is 1. The molecule has 7 nitrogen and oxygen atoms in total. The third-order valence-corrected chi connectivity index (χ3v) is 4.52. The highest BCUT2D eigenvalue weighted by molar-refractivity contribution is 6.31. The number of rotatable bonds is 7. The number of hydrogen-bond donors (Lipinski definition) is 0. The summed E-state index contributed by atoms with van der Waals surface area (Å²) >= 11 is 6.14. The van der Waals surface area contributed by atoms with Gasteiger partial charge < -0.3 is 4.84 Å². The van der Waals surface area contributed by atoms with Gasteiger partial charge in [-0.05, 0) is 53.5 Å². The van der Waals surface area contributed by atoms with Gasteiger partial charge in [0.15, 0.2) is 0 Å². The monoisotopic (exact) mass is 385 g/mol. The van der Waals surface area contributed by atoms with E-state index in [1.54, 1.807) is 19.3 Å². The maximum Gasteiger partial charge on any atom is 0.368 e. The predicted octanol–water partition coefficient (Wildman–Crippen LogP) is 2.91. The number of aromatic nitrogens is 4. The van der Waals surface area contributed by atoms with Crippen LogP contribution in [0, 0.1) is 6.92 Å². The first kappa shape index (κ1) is 18.8. The van der Waals surface area contributed by atoms with Crippen molar-refractivity contribution in [2.24, 2.45) is 12.2 Å². The van der Waals surface area contributed by atoms with E-state index in [-0.39, 0.29) is 5.69 Å². The Kier molecular flexibility index (Phi) is 6.03. The Balaban J connectivity index is 1.64. The lowest BCUT2D eigenvalue weighted by molar-refractivity contribution is 0.143. The molecule has 1 aromatic heterocycles. The topological polar surface area (TPSA) is 74.3 Å². The van der Waals surface area contributed by atoms with Crippen molar-refractivity contribution in [1.82, 2.24) is 19.8 Å². The number of aryl methyl sites for hydroxylation is 3. The molecule has 0 N–H and O–H groups in total. The molecule has 0 atom stereocenters. The van der Waals surface area contributed by atoms with E-state index in [0.29, 0.717) is 12.3 Å². The third kappa shape index (κ3) is 4.43. The first-order chi connectivity index (χ1) is 13.1. The molecule has 2 aromatic carbocycles. The molecule has 8 heteroatoms. The number of tetrazole rings is 1. The average Bonchev–Trinajstić information content (AvgIpc) is 2.99. The normalized spacial score (nSPS) is 11.2. The second-order valence-corrected chi connectivity index (χ2v) is 6.47.